The monoisotopic (exact) mass is 330 g/mol. The fourth-order valence-electron chi connectivity index (χ4n) is 2.89. The van der Waals surface area contributed by atoms with Crippen molar-refractivity contribution < 1.29 is 19.5 Å². The van der Waals surface area contributed by atoms with Crippen molar-refractivity contribution >= 4 is 23.9 Å². The van der Waals surface area contributed by atoms with Gasteiger partial charge in [-0.1, -0.05) is 31.4 Å². The van der Waals surface area contributed by atoms with Gasteiger partial charge in [-0.15, -0.1) is 0 Å². The summed E-state index contributed by atoms with van der Waals surface area (Å²) in [6.07, 6.45) is 6.45. The molecule has 0 radical (unpaired) electrons. The number of carbonyl (C=O) groups excluding carboxylic acids is 2. The molecule has 0 bridgehead atoms. The van der Waals surface area contributed by atoms with Crippen molar-refractivity contribution in [2.45, 2.75) is 37.6 Å². The molecule has 3 N–H and O–H groups in total. The van der Waals surface area contributed by atoms with Crippen LogP contribution in [0.1, 0.15) is 48.0 Å². The molecule has 1 aromatic carbocycles. The molecule has 128 valence electrons. The van der Waals surface area contributed by atoms with Crippen LogP contribution in [0.4, 0.5) is 0 Å². The largest absolute Gasteiger partial charge is 0.480 e. The highest BCUT2D eigenvalue weighted by atomic mass is 16.4. The van der Waals surface area contributed by atoms with Crippen LogP contribution in [0.2, 0.25) is 0 Å². The number of benzene rings is 1. The van der Waals surface area contributed by atoms with Gasteiger partial charge in [0.2, 0.25) is 5.91 Å². The van der Waals surface area contributed by atoms with E-state index < -0.39 is 17.4 Å². The quantitative estimate of drug-likeness (QED) is 0.719. The third-order valence-corrected chi connectivity index (χ3v) is 4.31. The zero-order chi connectivity index (χ0) is 17.6. The molecule has 1 aliphatic rings. The summed E-state index contributed by atoms with van der Waals surface area (Å²) >= 11 is 0. The Labute approximate surface area is 140 Å². The van der Waals surface area contributed by atoms with Crippen molar-refractivity contribution in [2.75, 3.05) is 7.05 Å². The molecule has 0 spiro atoms. The van der Waals surface area contributed by atoms with Crippen LogP contribution in [0.15, 0.2) is 30.3 Å². The van der Waals surface area contributed by atoms with E-state index in [1.807, 2.05) is 0 Å². The summed E-state index contributed by atoms with van der Waals surface area (Å²) in [4.78, 5) is 35.1. The Balaban J connectivity index is 2.01. The van der Waals surface area contributed by atoms with Gasteiger partial charge in [-0.2, -0.15) is 0 Å². The van der Waals surface area contributed by atoms with Crippen LogP contribution in [0.5, 0.6) is 0 Å². The molecule has 0 atom stereocenters. The molecule has 2 amide bonds. The Morgan fingerprint density at radius 3 is 2.25 bits per heavy atom. The second-order valence-corrected chi connectivity index (χ2v) is 5.97. The van der Waals surface area contributed by atoms with Gasteiger partial charge in [-0.3, -0.25) is 9.59 Å². The fraction of sp³-hybridized carbons (Fsp3) is 0.389. The van der Waals surface area contributed by atoms with E-state index in [0.29, 0.717) is 18.4 Å². The van der Waals surface area contributed by atoms with Crippen molar-refractivity contribution in [3.8, 4) is 0 Å². The van der Waals surface area contributed by atoms with E-state index in [0.717, 1.165) is 24.8 Å². The number of hydrogen-bond acceptors (Lipinski definition) is 3. The van der Waals surface area contributed by atoms with E-state index in [4.69, 9.17) is 0 Å². The highest BCUT2D eigenvalue weighted by Crippen LogP contribution is 2.28. The number of rotatable bonds is 5. The van der Waals surface area contributed by atoms with Gasteiger partial charge < -0.3 is 15.7 Å². The maximum atomic E-state index is 12.1. The number of carboxylic acid groups (broad SMARTS) is 1. The van der Waals surface area contributed by atoms with Crippen LogP contribution in [-0.4, -0.2) is 35.5 Å². The van der Waals surface area contributed by atoms with Crippen LogP contribution < -0.4 is 10.6 Å². The first kappa shape index (κ1) is 17.7. The van der Waals surface area contributed by atoms with Gasteiger partial charge in [0, 0.05) is 18.7 Å². The van der Waals surface area contributed by atoms with Gasteiger partial charge >= 0.3 is 5.97 Å². The molecule has 1 aromatic rings. The van der Waals surface area contributed by atoms with Gasteiger partial charge in [-0.25, -0.2) is 4.79 Å². The third kappa shape index (κ3) is 4.22. The SMILES string of the molecule is CNC(=O)c1ccc(C=CC(=O)NC2(C(=O)O)CCCCC2)cc1. The highest BCUT2D eigenvalue weighted by Gasteiger charge is 2.40. The fourth-order valence-corrected chi connectivity index (χ4v) is 2.89. The molecule has 0 unspecified atom stereocenters. The Kier molecular flexibility index (Phi) is 5.73. The van der Waals surface area contributed by atoms with Crippen molar-refractivity contribution in [1.29, 1.82) is 0 Å². The number of amides is 2. The number of carboxylic acids is 1. The molecule has 6 nitrogen and oxygen atoms in total. The predicted molar refractivity (Wildman–Crippen MR) is 90.5 cm³/mol. The zero-order valence-corrected chi connectivity index (χ0v) is 13.7. The summed E-state index contributed by atoms with van der Waals surface area (Å²) in [6, 6.07) is 6.77. The van der Waals surface area contributed by atoms with Gasteiger partial charge in [0.15, 0.2) is 0 Å². The number of hydrogen-bond donors (Lipinski definition) is 3. The number of nitrogens with one attached hydrogen (secondary N) is 2. The Bertz CT molecular complexity index is 643. The molecule has 0 aliphatic heterocycles. The summed E-state index contributed by atoms with van der Waals surface area (Å²) in [7, 11) is 1.56. The van der Waals surface area contributed by atoms with Crippen LogP contribution in [0, 0.1) is 0 Å². The molecular weight excluding hydrogens is 308 g/mol. The first-order valence-electron chi connectivity index (χ1n) is 8.03. The van der Waals surface area contributed by atoms with E-state index in [1.165, 1.54) is 6.08 Å². The minimum Gasteiger partial charge on any atom is -0.480 e. The minimum absolute atomic E-state index is 0.177. The van der Waals surface area contributed by atoms with E-state index in [9.17, 15) is 19.5 Å². The van der Waals surface area contributed by atoms with Crippen LogP contribution >= 0.6 is 0 Å². The molecule has 6 heteroatoms. The van der Waals surface area contributed by atoms with Crippen LogP contribution in [0.3, 0.4) is 0 Å². The van der Waals surface area contributed by atoms with Gasteiger partial charge in [0.05, 0.1) is 0 Å². The second kappa shape index (κ2) is 7.77. The smallest absolute Gasteiger partial charge is 0.329 e. The minimum atomic E-state index is -1.15. The molecule has 1 aliphatic carbocycles. The van der Waals surface area contributed by atoms with Crippen molar-refractivity contribution in [3.05, 3.63) is 41.5 Å². The highest BCUT2D eigenvalue weighted by molar-refractivity contribution is 5.96. The van der Waals surface area contributed by atoms with E-state index >= 15 is 0 Å². The number of aliphatic carboxylic acids is 1. The molecular formula is C18H22N2O4. The van der Waals surface area contributed by atoms with E-state index in [1.54, 1.807) is 37.4 Å². The van der Waals surface area contributed by atoms with Crippen molar-refractivity contribution in [2.24, 2.45) is 0 Å². The first-order valence-corrected chi connectivity index (χ1v) is 8.03. The lowest BCUT2D eigenvalue weighted by atomic mass is 9.81. The topological polar surface area (TPSA) is 95.5 Å². The lowest BCUT2D eigenvalue weighted by Gasteiger charge is -2.33. The molecule has 1 saturated carbocycles. The zero-order valence-electron chi connectivity index (χ0n) is 13.7. The van der Waals surface area contributed by atoms with Gasteiger partial charge in [-0.05, 0) is 36.6 Å². The van der Waals surface area contributed by atoms with E-state index in [-0.39, 0.29) is 5.91 Å². The van der Waals surface area contributed by atoms with Crippen LogP contribution in [0.25, 0.3) is 6.08 Å². The summed E-state index contributed by atoms with van der Waals surface area (Å²) in [5.41, 5.74) is 0.139. The Hall–Kier alpha value is -2.63. The Morgan fingerprint density at radius 1 is 1.08 bits per heavy atom. The molecule has 1 fully saturated rings. The first-order chi connectivity index (χ1) is 11.5. The summed E-state index contributed by atoms with van der Waals surface area (Å²) in [6.45, 7) is 0. The standard InChI is InChI=1S/C18H22N2O4/c1-19-16(22)14-8-5-13(6-9-14)7-10-15(21)20-18(17(23)24)11-3-2-4-12-18/h5-10H,2-4,11-12H2,1H3,(H,19,22)(H,20,21)(H,23,24). The normalized spacial score (nSPS) is 16.5. The van der Waals surface area contributed by atoms with Crippen LogP contribution in [-0.2, 0) is 9.59 Å². The van der Waals surface area contributed by atoms with Crippen molar-refractivity contribution in [3.63, 3.8) is 0 Å². The van der Waals surface area contributed by atoms with E-state index in [2.05, 4.69) is 10.6 Å². The molecule has 0 saturated heterocycles. The molecule has 2 rings (SSSR count). The second-order valence-electron chi connectivity index (χ2n) is 5.97. The van der Waals surface area contributed by atoms with Gasteiger partial charge in [0.25, 0.3) is 5.91 Å². The molecule has 0 aromatic heterocycles. The summed E-state index contributed by atoms with van der Waals surface area (Å²) in [5.74, 6) is -1.57. The summed E-state index contributed by atoms with van der Waals surface area (Å²) < 4.78 is 0. The average molecular weight is 330 g/mol. The predicted octanol–water partition coefficient (Wildman–Crippen LogP) is 1.96. The Morgan fingerprint density at radius 2 is 1.71 bits per heavy atom. The lowest BCUT2D eigenvalue weighted by Crippen LogP contribution is -2.55. The molecule has 24 heavy (non-hydrogen) atoms. The maximum absolute atomic E-state index is 12.1. The number of carbonyl (C=O) groups is 3. The summed E-state index contributed by atoms with van der Waals surface area (Å²) in [5, 5.41) is 14.6. The molecule has 0 heterocycles. The van der Waals surface area contributed by atoms with Crippen molar-refractivity contribution in [1.82, 2.24) is 10.6 Å². The average Bonchev–Trinajstić information content (AvgIpc) is 2.60. The third-order valence-electron chi connectivity index (χ3n) is 4.31. The lowest BCUT2D eigenvalue weighted by molar-refractivity contribution is -0.148. The maximum Gasteiger partial charge on any atom is 0.329 e. The van der Waals surface area contributed by atoms with Gasteiger partial charge in [0.1, 0.15) is 5.54 Å².